The number of hydrogen-bond acceptors (Lipinski definition) is 5. The van der Waals surface area contributed by atoms with E-state index in [-0.39, 0.29) is 23.8 Å². The number of morpholine rings is 1. The first-order valence-corrected chi connectivity index (χ1v) is 7.17. The first kappa shape index (κ1) is 14.1. The predicted octanol–water partition coefficient (Wildman–Crippen LogP) is 1.52. The molecule has 2 heterocycles. The normalized spacial score (nSPS) is 27.7. The van der Waals surface area contributed by atoms with Gasteiger partial charge < -0.3 is 14.8 Å². The molecule has 2 unspecified atom stereocenters. The molecule has 2 bridgehead atoms. The summed E-state index contributed by atoms with van der Waals surface area (Å²) in [6.45, 7) is 1.31. The Labute approximate surface area is 123 Å². The maximum atomic E-state index is 12.8. The van der Waals surface area contributed by atoms with Crippen molar-refractivity contribution in [3.63, 3.8) is 0 Å². The summed E-state index contributed by atoms with van der Waals surface area (Å²) < 4.78 is 10.7. The first-order valence-electron chi connectivity index (χ1n) is 7.17. The molecule has 0 amide bonds. The van der Waals surface area contributed by atoms with Crippen molar-refractivity contribution >= 4 is 5.78 Å². The summed E-state index contributed by atoms with van der Waals surface area (Å²) in [5.74, 6) is 0.600. The van der Waals surface area contributed by atoms with E-state index in [0.717, 1.165) is 12.8 Å². The van der Waals surface area contributed by atoms with Gasteiger partial charge in [0.2, 0.25) is 0 Å². The van der Waals surface area contributed by atoms with Crippen molar-refractivity contribution in [1.82, 2.24) is 5.32 Å². The number of nitrogens with one attached hydrogen (secondary N) is 1. The summed E-state index contributed by atoms with van der Waals surface area (Å²) in [6.07, 6.45) is 1.52. The van der Waals surface area contributed by atoms with E-state index in [1.54, 1.807) is 25.3 Å². The summed E-state index contributed by atoms with van der Waals surface area (Å²) in [4.78, 5) is 12.8. The van der Waals surface area contributed by atoms with Crippen molar-refractivity contribution < 1.29 is 14.3 Å². The molecule has 2 atom stereocenters. The number of nitriles is 1. The van der Waals surface area contributed by atoms with E-state index in [2.05, 4.69) is 11.4 Å². The third kappa shape index (κ3) is 2.78. The van der Waals surface area contributed by atoms with E-state index in [0.29, 0.717) is 30.1 Å². The molecule has 5 heteroatoms. The van der Waals surface area contributed by atoms with Crippen LogP contribution in [0.15, 0.2) is 18.2 Å². The van der Waals surface area contributed by atoms with Gasteiger partial charge in [0, 0.05) is 23.6 Å². The number of Topliss-reactive ketones (excluding diaryl/α,β-unsaturated/α-hetero) is 1. The fraction of sp³-hybridized carbons (Fsp3) is 0.500. The van der Waals surface area contributed by atoms with Gasteiger partial charge in [0.25, 0.3) is 0 Å². The first-order chi connectivity index (χ1) is 10.2. The Bertz CT molecular complexity index is 582. The van der Waals surface area contributed by atoms with Crippen LogP contribution in [0.25, 0.3) is 0 Å². The Hall–Kier alpha value is -1.90. The quantitative estimate of drug-likeness (QED) is 0.853. The number of ether oxygens (including phenoxy) is 2. The number of benzene rings is 1. The molecule has 2 aliphatic heterocycles. The lowest BCUT2D eigenvalue weighted by atomic mass is 9.81. The molecular weight excluding hydrogens is 268 g/mol. The van der Waals surface area contributed by atoms with E-state index >= 15 is 0 Å². The molecule has 0 aromatic heterocycles. The molecule has 0 saturated carbocycles. The molecule has 5 nitrogen and oxygen atoms in total. The zero-order valence-corrected chi connectivity index (χ0v) is 12.0. The number of methoxy groups -OCH3 is 1. The molecule has 1 aromatic carbocycles. The standard InChI is InChI=1S/C16H18N2O3/c1-20-14-3-2-10(7-17)15(6-14)16(19)11-4-12-8-21-9-13(5-11)18-12/h2-3,6,11-13,18H,4-5,8-9H2,1H3. The van der Waals surface area contributed by atoms with Gasteiger partial charge in [-0.3, -0.25) is 4.79 Å². The Balaban J connectivity index is 1.86. The molecular formula is C16H18N2O3. The summed E-state index contributed by atoms with van der Waals surface area (Å²) in [5.41, 5.74) is 0.892. The Morgan fingerprint density at radius 2 is 2.10 bits per heavy atom. The number of piperidine rings is 1. The molecule has 1 N–H and O–H groups in total. The van der Waals surface area contributed by atoms with Crippen molar-refractivity contribution in [2.75, 3.05) is 20.3 Å². The minimum Gasteiger partial charge on any atom is -0.497 e. The highest BCUT2D eigenvalue weighted by molar-refractivity contribution is 6.00. The van der Waals surface area contributed by atoms with Crippen LogP contribution in [0.4, 0.5) is 0 Å². The highest BCUT2D eigenvalue weighted by Gasteiger charge is 2.36. The molecule has 2 aliphatic rings. The average Bonchev–Trinajstić information content (AvgIpc) is 2.53. The maximum Gasteiger partial charge on any atom is 0.167 e. The van der Waals surface area contributed by atoms with Crippen LogP contribution >= 0.6 is 0 Å². The van der Waals surface area contributed by atoms with Crippen LogP contribution in [0, 0.1) is 17.2 Å². The number of carbonyl (C=O) groups is 1. The van der Waals surface area contributed by atoms with Crippen molar-refractivity contribution in [1.29, 1.82) is 5.26 Å². The lowest BCUT2D eigenvalue weighted by molar-refractivity contribution is 0.00952. The number of ketones is 1. The number of rotatable bonds is 3. The second kappa shape index (κ2) is 5.84. The van der Waals surface area contributed by atoms with E-state index < -0.39 is 0 Å². The van der Waals surface area contributed by atoms with Gasteiger partial charge in [-0.05, 0) is 31.0 Å². The molecule has 0 radical (unpaired) electrons. The Kier molecular flexibility index (Phi) is 3.91. The second-order valence-electron chi connectivity index (χ2n) is 5.65. The van der Waals surface area contributed by atoms with Crippen molar-refractivity contribution in [2.24, 2.45) is 5.92 Å². The number of hydrogen-bond donors (Lipinski definition) is 1. The van der Waals surface area contributed by atoms with Gasteiger partial charge in [-0.2, -0.15) is 5.26 Å². The molecule has 21 heavy (non-hydrogen) atoms. The Morgan fingerprint density at radius 1 is 1.38 bits per heavy atom. The largest absolute Gasteiger partial charge is 0.497 e. The summed E-state index contributed by atoms with van der Waals surface area (Å²) in [7, 11) is 1.56. The summed E-state index contributed by atoms with van der Waals surface area (Å²) >= 11 is 0. The van der Waals surface area contributed by atoms with Gasteiger partial charge >= 0.3 is 0 Å². The lowest BCUT2D eigenvalue weighted by Gasteiger charge is -2.39. The zero-order chi connectivity index (χ0) is 14.8. The molecule has 110 valence electrons. The van der Waals surface area contributed by atoms with Crippen LogP contribution in [0.1, 0.15) is 28.8 Å². The fourth-order valence-corrected chi connectivity index (χ4v) is 3.22. The van der Waals surface area contributed by atoms with Crippen molar-refractivity contribution in [3.05, 3.63) is 29.3 Å². The SMILES string of the molecule is COc1ccc(C#N)c(C(=O)C2CC3COCC(C2)N3)c1. The van der Waals surface area contributed by atoms with E-state index in [1.807, 2.05) is 0 Å². The lowest BCUT2D eigenvalue weighted by Crippen LogP contribution is -2.55. The maximum absolute atomic E-state index is 12.8. The van der Waals surface area contributed by atoms with Gasteiger partial charge in [0.05, 0.1) is 32.0 Å². The molecule has 2 fully saturated rings. The van der Waals surface area contributed by atoms with Gasteiger partial charge in [-0.25, -0.2) is 0 Å². The van der Waals surface area contributed by atoms with Crippen LogP contribution in [0.2, 0.25) is 0 Å². The third-order valence-electron chi connectivity index (χ3n) is 4.23. The van der Waals surface area contributed by atoms with E-state index in [4.69, 9.17) is 9.47 Å². The smallest absolute Gasteiger partial charge is 0.167 e. The van der Waals surface area contributed by atoms with Gasteiger partial charge in [0.1, 0.15) is 5.75 Å². The van der Waals surface area contributed by atoms with Crippen LogP contribution in [0.3, 0.4) is 0 Å². The zero-order valence-electron chi connectivity index (χ0n) is 12.0. The highest BCUT2D eigenvalue weighted by atomic mass is 16.5. The molecule has 0 aliphatic carbocycles. The van der Waals surface area contributed by atoms with E-state index in [9.17, 15) is 10.1 Å². The number of fused-ring (bicyclic) bond motifs is 2. The predicted molar refractivity (Wildman–Crippen MR) is 76.3 cm³/mol. The molecule has 2 saturated heterocycles. The monoisotopic (exact) mass is 286 g/mol. The number of carbonyl (C=O) groups excluding carboxylic acids is 1. The highest BCUT2D eigenvalue weighted by Crippen LogP contribution is 2.29. The van der Waals surface area contributed by atoms with Gasteiger partial charge in [-0.1, -0.05) is 0 Å². The topological polar surface area (TPSA) is 71.3 Å². The minimum atomic E-state index is -0.0515. The van der Waals surface area contributed by atoms with Crippen molar-refractivity contribution in [2.45, 2.75) is 24.9 Å². The molecule has 3 rings (SSSR count). The Morgan fingerprint density at radius 3 is 2.71 bits per heavy atom. The van der Waals surface area contributed by atoms with Gasteiger partial charge in [-0.15, -0.1) is 0 Å². The molecule has 1 aromatic rings. The minimum absolute atomic E-state index is 0.0452. The second-order valence-corrected chi connectivity index (χ2v) is 5.65. The average molecular weight is 286 g/mol. The van der Waals surface area contributed by atoms with E-state index in [1.165, 1.54) is 0 Å². The van der Waals surface area contributed by atoms with Crippen LogP contribution in [-0.2, 0) is 4.74 Å². The summed E-state index contributed by atoms with van der Waals surface area (Å²) in [6, 6.07) is 7.61. The summed E-state index contributed by atoms with van der Waals surface area (Å²) in [5, 5.41) is 12.7. The van der Waals surface area contributed by atoms with Crippen LogP contribution < -0.4 is 10.1 Å². The third-order valence-corrected chi connectivity index (χ3v) is 4.23. The number of nitrogens with zero attached hydrogens (tertiary/aromatic N) is 1. The fourth-order valence-electron chi connectivity index (χ4n) is 3.22. The van der Waals surface area contributed by atoms with Crippen molar-refractivity contribution in [3.8, 4) is 11.8 Å². The van der Waals surface area contributed by atoms with Crippen LogP contribution in [-0.4, -0.2) is 38.2 Å². The van der Waals surface area contributed by atoms with Gasteiger partial charge in [0.15, 0.2) is 5.78 Å². The van der Waals surface area contributed by atoms with Crippen LogP contribution in [0.5, 0.6) is 5.75 Å². The molecule has 0 spiro atoms.